The number of likely N-dealkylation sites (tertiary alicyclic amines) is 1. The number of hydrogen-bond acceptors (Lipinski definition) is 4. The molecule has 2 heterocycles. The highest BCUT2D eigenvalue weighted by Gasteiger charge is 2.45. The molecule has 25 heavy (non-hydrogen) atoms. The van der Waals surface area contributed by atoms with Crippen molar-refractivity contribution >= 4 is 18.0 Å². The summed E-state index contributed by atoms with van der Waals surface area (Å²) in [5.41, 5.74) is -1.96. The number of hydrazone groups is 1. The molecule has 0 bridgehead atoms. The maximum Gasteiger partial charge on any atom is 0.248 e. The van der Waals surface area contributed by atoms with Gasteiger partial charge in [0.1, 0.15) is 11.6 Å². The van der Waals surface area contributed by atoms with Crippen LogP contribution in [0.15, 0.2) is 23.3 Å². The molecule has 1 fully saturated rings. The van der Waals surface area contributed by atoms with Crippen LogP contribution in [0, 0.1) is 17.6 Å². The van der Waals surface area contributed by atoms with Gasteiger partial charge >= 0.3 is 0 Å². The first-order valence-electron chi connectivity index (χ1n) is 8.12. The molecule has 0 unspecified atom stereocenters. The summed E-state index contributed by atoms with van der Waals surface area (Å²) in [5.74, 6) is -2.54. The van der Waals surface area contributed by atoms with E-state index < -0.39 is 29.2 Å². The Morgan fingerprint density at radius 1 is 1.20 bits per heavy atom. The quantitative estimate of drug-likeness (QED) is 0.879. The molecule has 0 saturated carbocycles. The van der Waals surface area contributed by atoms with Crippen molar-refractivity contribution in [1.82, 2.24) is 9.91 Å². The van der Waals surface area contributed by atoms with E-state index in [4.69, 9.17) is 0 Å². The van der Waals surface area contributed by atoms with Gasteiger partial charge in [0.2, 0.25) is 11.8 Å². The number of carbonyl (C=O) groups is 2. The second-order valence-electron chi connectivity index (χ2n) is 6.41. The maximum atomic E-state index is 13.5. The molecule has 2 aliphatic rings. The molecule has 2 aliphatic heterocycles. The largest absolute Gasteiger partial charge is 0.365 e. The summed E-state index contributed by atoms with van der Waals surface area (Å²) in [5, 5.41) is 15.7. The smallest absolute Gasteiger partial charge is 0.248 e. The summed E-state index contributed by atoms with van der Waals surface area (Å²) < 4.78 is 27.0. The summed E-state index contributed by atoms with van der Waals surface area (Å²) in [6.07, 6.45) is 2.22. The van der Waals surface area contributed by atoms with Crippen LogP contribution >= 0.6 is 0 Å². The maximum absolute atomic E-state index is 13.5. The second-order valence-corrected chi connectivity index (χ2v) is 6.41. The Kier molecular flexibility index (Phi) is 4.55. The summed E-state index contributed by atoms with van der Waals surface area (Å²) in [6, 6.07) is 2.69. The lowest BCUT2D eigenvalue weighted by Gasteiger charge is -2.36. The molecule has 1 aromatic rings. The monoisotopic (exact) mass is 351 g/mol. The highest BCUT2D eigenvalue weighted by molar-refractivity contribution is 5.83. The van der Waals surface area contributed by atoms with Gasteiger partial charge in [-0.1, -0.05) is 0 Å². The van der Waals surface area contributed by atoms with Crippen LogP contribution in [0.5, 0.6) is 0 Å². The topological polar surface area (TPSA) is 73.2 Å². The second kappa shape index (κ2) is 6.51. The van der Waals surface area contributed by atoms with Crippen LogP contribution < -0.4 is 0 Å². The Bertz CT molecular complexity index is 712. The van der Waals surface area contributed by atoms with E-state index in [1.54, 1.807) is 4.90 Å². The van der Waals surface area contributed by atoms with E-state index in [0.717, 1.165) is 17.1 Å². The van der Waals surface area contributed by atoms with Crippen LogP contribution in [-0.4, -0.2) is 46.1 Å². The van der Waals surface area contributed by atoms with E-state index in [1.807, 2.05) is 0 Å². The van der Waals surface area contributed by atoms with Crippen LogP contribution in [0.25, 0.3) is 0 Å². The standard InChI is InChI=1S/C17H19F2N3O3/c1-11(23)21-6-2-12(3-7-21)16(24)22-17(25,4-5-20-22)13-8-14(18)10-15(19)9-13/h5,8-10,12,25H,2-4,6-7H2,1H3/t17-/m0/s1. The Balaban J connectivity index is 1.80. The van der Waals surface area contributed by atoms with Crippen LogP contribution in [0.1, 0.15) is 31.7 Å². The fourth-order valence-electron chi connectivity index (χ4n) is 3.31. The van der Waals surface area contributed by atoms with Crippen molar-refractivity contribution < 1.29 is 23.5 Å². The minimum atomic E-state index is -1.91. The Labute approximate surface area is 143 Å². The summed E-state index contributed by atoms with van der Waals surface area (Å²) in [7, 11) is 0. The van der Waals surface area contributed by atoms with Gasteiger partial charge in [-0.15, -0.1) is 0 Å². The number of nitrogens with zero attached hydrogens (tertiary/aromatic N) is 3. The summed E-state index contributed by atoms with van der Waals surface area (Å²) in [4.78, 5) is 25.8. The molecule has 3 rings (SSSR count). The van der Waals surface area contributed by atoms with Gasteiger partial charge in [-0.25, -0.2) is 8.78 Å². The van der Waals surface area contributed by atoms with Crippen LogP contribution in [0.3, 0.4) is 0 Å². The van der Waals surface area contributed by atoms with Crippen molar-refractivity contribution in [3.8, 4) is 0 Å². The molecular formula is C17H19F2N3O3. The minimum Gasteiger partial charge on any atom is -0.365 e. The first-order valence-corrected chi connectivity index (χ1v) is 8.12. The Morgan fingerprint density at radius 3 is 2.36 bits per heavy atom. The van der Waals surface area contributed by atoms with E-state index in [-0.39, 0.29) is 17.9 Å². The van der Waals surface area contributed by atoms with Gasteiger partial charge in [-0.3, -0.25) is 9.59 Å². The average Bonchev–Trinajstić information content (AvgIpc) is 2.96. The molecule has 1 aromatic carbocycles. The van der Waals surface area contributed by atoms with Crippen molar-refractivity contribution in [2.45, 2.75) is 31.9 Å². The number of rotatable bonds is 2. The Morgan fingerprint density at radius 2 is 1.80 bits per heavy atom. The van der Waals surface area contributed by atoms with E-state index in [0.29, 0.717) is 32.0 Å². The lowest BCUT2D eigenvalue weighted by atomic mass is 9.93. The molecule has 1 saturated heterocycles. The lowest BCUT2D eigenvalue weighted by Crippen LogP contribution is -2.48. The van der Waals surface area contributed by atoms with Gasteiger partial charge in [0.05, 0.1) is 0 Å². The molecule has 0 aliphatic carbocycles. The molecule has 1 atom stereocenters. The fourth-order valence-corrected chi connectivity index (χ4v) is 3.31. The van der Waals surface area contributed by atoms with Crippen LogP contribution in [-0.2, 0) is 15.3 Å². The zero-order valence-electron chi connectivity index (χ0n) is 13.8. The lowest BCUT2D eigenvalue weighted by molar-refractivity contribution is -0.164. The van der Waals surface area contributed by atoms with Crippen molar-refractivity contribution in [2.24, 2.45) is 11.0 Å². The first-order chi connectivity index (χ1) is 11.8. The molecule has 0 radical (unpaired) electrons. The molecule has 0 aromatic heterocycles. The Hall–Kier alpha value is -2.35. The molecule has 8 heteroatoms. The zero-order valence-corrected chi connectivity index (χ0v) is 13.8. The van der Waals surface area contributed by atoms with Gasteiger partial charge in [-0.05, 0) is 25.0 Å². The van der Waals surface area contributed by atoms with Crippen molar-refractivity contribution in [2.75, 3.05) is 13.1 Å². The third kappa shape index (κ3) is 3.26. The van der Waals surface area contributed by atoms with Gasteiger partial charge < -0.3 is 10.0 Å². The number of carbonyl (C=O) groups excluding carboxylic acids is 2. The van der Waals surface area contributed by atoms with Gasteiger partial charge in [-0.2, -0.15) is 10.1 Å². The first kappa shape index (κ1) is 17.5. The third-order valence-corrected chi connectivity index (χ3v) is 4.75. The number of amides is 2. The fraction of sp³-hybridized carbons (Fsp3) is 0.471. The molecular weight excluding hydrogens is 332 g/mol. The molecule has 6 nitrogen and oxygen atoms in total. The number of hydrogen-bond donors (Lipinski definition) is 1. The molecule has 2 amide bonds. The number of halogens is 2. The molecule has 0 spiro atoms. The normalized spacial score (nSPS) is 24.0. The number of benzene rings is 1. The van der Waals surface area contributed by atoms with Crippen LogP contribution in [0.4, 0.5) is 8.78 Å². The average molecular weight is 351 g/mol. The summed E-state index contributed by atoms with van der Waals surface area (Å²) in [6.45, 7) is 2.39. The predicted octanol–water partition coefficient (Wildman–Crippen LogP) is 1.59. The van der Waals surface area contributed by atoms with Crippen molar-refractivity contribution in [1.29, 1.82) is 0 Å². The number of piperidine rings is 1. The predicted molar refractivity (Wildman–Crippen MR) is 85.2 cm³/mol. The van der Waals surface area contributed by atoms with Crippen molar-refractivity contribution in [3.63, 3.8) is 0 Å². The van der Waals surface area contributed by atoms with Gasteiger partial charge in [0, 0.05) is 50.2 Å². The third-order valence-electron chi connectivity index (χ3n) is 4.75. The van der Waals surface area contributed by atoms with E-state index in [2.05, 4.69) is 5.10 Å². The van der Waals surface area contributed by atoms with E-state index >= 15 is 0 Å². The minimum absolute atomic E-state index is 0.0446. The summed E-state index contributed by atoms with van der Waals surface area (Å²) >= 11 is 0. The number of aliphatic hydroxyl groups is 1. The highest BCUT2D eigenvalue weighted by Crippen LogP contribution is 2.36. The molecule has 134 valence electrons. The van der Waals surface area contributed by atoms with E-state index in [1.165, 1.54) is 13.1 Å². The van der Waals surface area contributed by atoms with Gasteiger partial charge in [0.25, 0.3) is 0 Å². The van der Waals surface area contributed by atoms with Gasteiger partial charge in [0.15, 0.2) is 5.72 Å². The van der Waals surface area contributed by atoms with Crippen LogP contribution in [0.2, 0.25) is 0 Å². The SMILES string of the molecule is CC(=O)N1CCC(C(=O)N2N=CC[C@]2(O)c2cc(F)cc(F)c2)CC1. The van der Waals surface area contributed by atoms with E-state index in [9.17, 15) is 23.5 Å². The molecule has 1 N–H and O–H groups in total. The van der Waals surface area contributed by atoms with Crippen molar-refractivity contribution in [3.05, 3.63) is 35.4 Å². The highest BCUT2D eigenvalue weighted by atomic mass is 19.1. The zero-order chi connectivity index (χ0) is 18.2.